The third-order valence-electron chi connectivity index (χ3n) is 4.65. The first kappa shape index (κ1) is 23.0. The number of phenolic OH excluding ortho intramolecular Hbond substituents is 1. The number of hydrazone groups is 1. The van der Waals surface area contributed by atoms with Crippen LogP contribution in [-0.4, -0.2) is 40.9 Å². The van der Waals surface area contributed by atoms with Gasteiger partial charge in [0.25, 0.3) is 11.5 Å². The maximum atomic E-state index is 12.7. The molecule has 2 N–H and O–H groups in total. The van der Waals surface area contributed by atoms with E-state index in [1.54, 1.807) is 31.5 Å². The maximum Gasteiger partial charge on any atom is 0.315 e. The number of nitro benzene ring substituents is 1. The molecule has 1 heterocycles. The molecule has 0 spiro atoms. The zero-order valence-corrected chi connectivity index (χ0v) is 17.7. The Labute approximate surface area is 187 Å². The highest BCUT2D eigenvalue weighted by molar-refractivity contribution is 5.94. The zero-order chi connectivity index (χ0) is 24.0. The fourth-order valence-corrected chi connectivity index (χ4v) is 2.97. The van der Waals surface area contributed by atoms with E-state index >= 15 is 0 Å². The van der Waals surface area contributed by atoms with Gasteiger partial charge in [-0.25, -0.2) is 5.43 Å². The second-order valence-corrected chi connectivity index (χ2v) is 6.75. The first-order valence-corrected chi connectivity index (χ1v) is 9.55. The number of hydrogen-bond acceptors (Lipinski definition) is 8. The van der Waals surface area contributed by atoms with Crippen LogP contribution in [0.15, 0.2) is 64.6 Å². The second-order valence-electron chi connectivity index (χ2n) is 6.75. The summed E-state index contributed by atoms with van der Waals surface area (Å²) in [5.41, 5.74) is 2.05. The van der Waals surface area contributed by atoms with Crippen LogP contribution < -0.4 is 20.5 Å². The number of ether oxygens (including phenoxy) is 2. The van der Waals surface area contributed by atoms with Crippen molar-refractivity contribution < 1.29 is 24.3 Å². The molecule has 2 aromatic carbocycles. The summed E-state index contributed by atoms with van der Waals surface area (Å²) in [6.45, 7) is 0.254. The van der Waals surface area contributed by atoms with Crippen LogP contribution in [0.3, 0.4) is 0 Å². The second kappa shape index (κ2) is 10.1. The largest absolute Gasteiger partial charge is 0.500 e. The van der Waals surface area contributed by atoms with Gasteiger partial charge in [0.15, 0.2) is 5.75 Å². The summed E-state index contributed by atoms with van der Waals surface area (Å²) in [6.07, 6.45) is 2.69. The first-order valence-electron chi connectivity index (χ1n) is 9.55. The normalized spacial score (nSPS) is 10.7. The summed E-state index contributed by atoms with van der Waals surface area (Å²) < 4.78 is 11.4. The molecule has 0 atom stereocenters. The number of rotatable bonds is 8. The Morgan fingerprint density at radius 1 is 1.21 bits per heavy atom. The molecular weight excluding hydrogens is 432 g/mol. The third-order valence-corrected chi connectivity index (χ3v) is 4.65. The van der Waals surface area contributed by atoms with E-state index in [1.807, 2.05) is 12.1 Å². The van der Waals surface area contributed by atoms with Crippen molar-refractivity contribution in [2.75, 3.05) is 14.2 Å². The molecule has 0 aliphatic carbocycles. The topological polar surface area (TPSA) is 145 Å². The van der Waals surface area contributed by atoms with Crippen molar-refractivity contribution in [3.8, 4) is 17.2 Å². The number of hydrogen-bond donors (Lipinski definition) is 2. The summed E-state index contributed by atoms with van der Waals surface area (Å²) in [5, 5.41) is 24.6. The molecule has 1 aromatic heterocycles. The quantitative estimate of drug-likeness (QED) is 0.303. The van der Waals surface area contributed by atoms with Crippen LogP contribution >= 0.6 is 0 Å². The smallest absolute Gasteiger partial charge is 0.315 e. The standard InChI is InChI=1S/C22H20N4O7/c1-32-16-7-5-14(6-8-16)13-25-9-3-4-17(22(25)29)21(28)24-23-12-15-10-18(26(30)31)20(27)19(11-15)33-2/h3-12,27H,13H2,1-2H3,(H,24,28)/b23-12-. The number of pyridine rings is 1. The highest BCUT2D eigenvalue weighted by atomic mass is 16.6. The van der Waals surface area contributed by atoms with Crippen LogP contribution in [0.5, 0.6) is 17.2 Å². The predicted octanol–water partition coefficient (Wildman–Crippen LogP) is 2.29. The van der Waals surface area contributed by atoms with Crippen molar-refractivity contribution in [2.24, 2.45) is 5.10 Å². The molecule has 0 aliphatic rings. The Morgan fingerprint density at radius 3 is 2.58 bits per heavy atom. The van der Waals surface area contributed by atoms with E-state index in [4.69, 9.17) is 9.47 Å². The van der Waals surface area contributed by atoms with Crippen LogP contribution in [0, 0.1) is 10.1 Å². The van der Waals surface area contributed by atoms with E-state index in [0.29, 0.717) is 5.75 Å². The van der Waals surface area contributed by atoms with Gasteiger partial charge in [-0.2, -0.15) is 5.10 Å². The number of nitrogens with one attached hydrogen (secondary N) is 1. The first-order chi connectivity index (χ1) is 15.8. The molecule has 1 amide bonds. The summed E-state index contributed by atoms with van der Waals surface area (Å²) >= 11 is 0. The number of carbonyl (C=O) groups is 1. The fourth-order valence-electron chi connectivity index (χ4n) is 2.97. The van der Waals surface area contributed by atoms with Gasteiger partial charge in [0.05, 0.1) is 31.9 Å². The van der Waals surface area contributed by atoms with E-state index in [-0.39, 0.29) is 23.4 Å². The summed E-state index contributed by atoms with van der Waals surface area (Å²) in [5.74, 6) is -0.805. The van der Waals surface area contributed by atoms with Crippen molar-refractivity contribution in [3.63, 3.8) is 0 Å². The molecule has 33 heavy (non-hydrogen) atoms. The summed E-state index contributed by atoms with van der Waals surface area (Å²) in [4.78, 5) is 35.5. The number of methoxy groups -OCH3 is 2. The lowest BCUT2D eigenvalue weighted by molar-refractivity contribution is -0.386. The van der Waals surface area contributed by atoms with E-state index in [2.05, 4.69) is 10.5 Å². The lowest BCUT2D eigenvalue weighted by Gasteiger charge is -2.08. The van der Waals surface area contributed by atoms with Gasteiger partial charge in [-0.1, -0.05) is 12.1 Å². The Hall–Kier alpha value is -4.67. The fraction of sp³-hybridized carbons (Fsp3) is 0.136. The number of aromatic hydroxyl groups is 1. The van der Waals surface area contributed by atoms with Crippen LogP contribution in [0.4, 0.5) is 5.69 Å². The minimum Gasteiger partial charge on any atom is -0.500 e. The van der Waals surface area contributed by atoms with E-state index < -0.39 is 27.8 Å². The number of nitrogens with zero attached hydrogens (tertiary/aromatic N) is 3. The molecule has 0 aliphatic heterocycles. The SMILES string of the molecule is COc1ccc(Cn2cccc(C(=O)N/N=C\c3cc(OC)c(O)c([N+](=O)[O-])c3)c2=O)cc1. The molecule has 0 bridgehead atoms. The molecule has 3 rings (SSSR count). The average Bonchev–Trinajstić information content (AvgIpc) is 2.81. The van der Waals surface area contributed by atoms with Crippen molar-refractivity contribution in [2.45, 2.75) is 6.54 Å². The summed E-state index contributed by atoms with van der Waals surface area (Å²) in [7, 11) is 2.80. The van der Waals surface area contributed by atoms with Gasteiger partial charge in [0.2, 0.25) is 5.75 Å². The molecule has 0 radical (unpaired) electrons. The van der Waals surface area contributed by atoms with Crippen molar-refractivity contribution >= 4 is 17.8 Å². The number of aromatic nitrogens is 1. The Kier molecular flexibility index (Phi) is 7.03. The number of carbonyl (C=O) groups excluding carboxylic acids is 1. The lowest BCUT2D eigenvalue weighted by Crippen LogP contribution is -2.30. The van der Waals surface area contributed by atoms with Crippen LogP contribution in [0.1, 0.15) is 21.5 Å². The molecule has 11 nitrogen and oxygen atoms in total. The number of nitro groups is 1. The van der Waals surface area contributed by atoms with Crippen LogP contribution in [-0.2, 0) is 6.54 Å². The van der Waals surface area contributed by atoms with Crippen LogP contribution in [0.2, 0.25) is 0 Å². The Bertz CT molecular complexity index is 1270. The highest BCUT2D eigenvalue weighted by Gasteiger charge is 2.19. The molecule has 0 fully saturated rings. The molecule has 0 unspecified atom stereocenters. The Morgan fingerprint density at radius 2 is 1.94 bits per heavy atom. The van der Waals surface area contributed by atoms with E-state index in [9.17, 15) is 24.8 Å². The number of amides is 1. The molecule has 170 valence electrons. The van der Waals surface area contributed by atoms with Gasteiger partial charge in [0.1, 0.15) is 11.3 Å². The van der Waals surface area contributed by atoms with E-state index in [0.717, 1.165) is 17.8 Å². The number of phenols is 1. The minimum atomic E-state index is -0.775. The van der Waals surface area contributed by atoms with Crippen molar-refractivity contribution in [1.29, 1.82) is 0 Å². The Balaban J connectivity index is 1.76. The molecule has 0 saturated heterocycles. The molecule has 11 heteroatoms. The highest BCUT2D eigenvalue weighted by Crippen LogP contribution is 2.36. The number of benzene rings is 2. The molecule has 3 aromatic rings. The predicted molar refractivity (Wildman–Crippen MR) is 119 cm³/mol. The van der Waals surface area contributed by atoms with Gasteiger partial charge in [0, 0.05) is 17.8 Å². The van der Waals surface area contributed by atoms with Gasteiger partial charge in [-0.05, 0) is 35.9 Å². The van der Waals surface area contributed by atoms with Gasteiger partial charge >= 0.3 is 5.69 Å². The van der Waals surface area contributed by atoms with Gasteiger partial charge < -0.3 is 19.1 Å². The maximum absolute atomic E-state index is 12.7. The van der Waals surface area contributed by atoms with Gasteiger partial charge in [-0.15, -0.1) is 0 Å². The molecule has 0 saturated carbocycles. The molecular formula is C22H20N4O7. The third kappa shape index (κ3) is 5.34. The van der Waals surface area contributed by atoms with Crippen molar-refractivity contribution in [1.82, 2.24) is 9.99 Å². The zero-order valence-electron chi connectivity index (χ0n) is 17.7. The van der Waals surface area contributed by atoms with Crippen LogP contribution in [0.25, 0.3) is 0 Å². The lowest BCUT2D eigenvalue weighted by atomic mass is 10.2. The average molecular weight is 452 g/mol. The van der Waals surface area contributed by atoms with Gasteiger partial charge in [-0.3, -0.25) is 19.7 Å². The van der Waals surface area contributed by atoms with Crippen molar-refractivity contribution in [3.05, 3.63) is 91.9 Å². The minimum absolute atomic E-state index is 0.124. The van der Waals surface area contributed by atoms with E-state index in [1.165, 1.54) is 23.8 Å². The monoisotopic (exact) mass is 452 g/mol. The summed E-state index contributed by atoms with van der Waals surface area (Å²) in [6, 6.07) is 12.5.